The lowest BCUT2D eigenvalue weighted by Crippen LogP contribution is -2.38. The van der Waals surface area contributed by atoms with E-state index in [1.54, 1.807) is 0 Å². The highest BCUT2D eigenvalue weighted by Crippen LogP contribution is 2.18. The van der Waals surface area contributed by atoms with Gasteiger partial charge in [0.25, 0.3) is 0 Å². The number of alkyl halides is 1. The maximum absolute atomic E-state index is 11.7. The highest BCUT2D eigenvalue weighted by molar-refractivity contribution is 6.18. The zero-order chi connectivity index (χ0) is 12.1. The van der Waals surface area contributed by atoms with Crippen LogP contribution in [0, 0.1) is 5.92 Å². The number of likely N-dealkylation sites (tertiary alicyclic amines) is 1. The van der Waals surface area contributed by atoms with E-state index in [1.165, 1.54) is 0 Å². The molecule has 0 bridgehead atoms. The van der Waals surface area contributed by atoms with Crippen molar-refractivity contribution >= 4 is 17.5 Å². The lowest BCUT2D eigenvalue weighted by atomic mass is 10.1. The Kier molecular flexibility index (Phi) is 5.07. The number of carbonyl (C=O) groups excluding carboxylic acids is 1. The summed E-state index contributed by atoms with van der Waals surface area (Å²) in [6, 6.07) is 0. The van der Waals surface area contributed by atoms with Crippen LogP contribution in [-0.2, 0) is 9.53 Å². The largest absolute Gasteiger partial charge is 0.379 e. The third kappa shape index (κ3) is 3.83. The van der Waals surface area contributed by atoms with Crippen LogP contribution in [0.2, 0.25) is 0 Å². The average Bonchev–Trinajstić information content (AvgIpc) is 2.72. The van der Waals surface area contributed by atoms with E-state index in [0.29, 0.717) is 18.2 Å². The third-order valence-electron chi connectivity index (χ3n) is 3.52. The number of amides is 1. The fourth-order valence-corrected chi connectivity index (χ4v) is 2.69. The zero-order valence-corrected chi connectivity index (χ0v) is 11.0. The van der Waals surface area contributed by atoms with Crippen LogP contribution in [0.3, 0.4) is 0 Å². The van der Waals surface area contributed by atoms with Crippen LogP contribution in [0.15, 0.2) is 0 Å². The third-order valence-corrected chi connectivity index (χ3v) is 3.96. The van der Waals surface area contributed by atoms with Gasteiger partial charge in [0.05, 0.1) is 13.2 Å². The first-order valence-electron chi connectivity index (χ1n) is 6.43. The second-order valence-corrected chi connectivity index (χ2v) is 5.18. The van der Waals surface area contributed by atoms with Crippen LogP contribution in [0.5, 0.6) is 0 Å². The Balaban J connectivity index is 1.63. The van der Waals surface area contributed by atoms with Crippen LogP contribution < -0.4 is 0 Å². The van der Waals surface area contributed by atoms with E-state index in [2.05, 4.69) is 4.90 Å². The van der Waals surface area contributed by atoms with E-state index in [0.717, 1.165) is 52.4 Å². The van der Waals surface area contributed by atoms with Gasteiger partial charge >= 0.3 is 0 Å². The summed E-state index contributed by atoms with van der Waals surface area (Å²) in [5.74, 6) is 1.25. The first-order chi connectivity index (χ1) is 8.29. The van der Waals surface area contributed by atoms with Gasteiger partial charge in [-0.1, -0.05) is 0 Å². The van der Waals surface area contributed by atoms with Crippen LogP contribution in [0.1, 0.15) is 12.8 Å². The maximum Gasteiger partial charge on any atom is 0.222 e. The minimum Gasteiger partial charge on any atom is -0.379 e. The summed E-state index contributed by atoms with van der Waals surface area (Å²) in [7, 11) is 0. The standard InChI is InChI=1S/C12H21ClN2O2/c13-9-11-8-12(16)15(10-11)3-1-2-14-4-6-17-7-5-14/h11H,1-10H2. The van der Waals surface area contributed by atoms with Gasteiger partial charge in [0.15, 0.2) is 0 Å². The van der Waals surface area contributed by atoms with E-state index in [9.17, 15) is 4.79 Å². The van der Waals surface area contributed by atoms with Gasteiger partial charge in [-0.2, -0.15) is 0 Å². The van der Waals surface area contributed by atoms with Crippen molar-refractivity contribution in [3.63, 3.8) is 0 Å². The molecule has 1 amide bonds. The molecule has 0 aliphatic carbocycles. The van der Waals surface area contributed by atoms with Crippen molar-refractivity contribution < 1.29 is 9.53 Å². The molecule has 4 nitrogen and oxygen atoms in total. The number of hydrogen-bond acceptors (Lipinski definition) is 3. The van der Waals surface area contributed by atoms with E-state index in [-0.39, 0.29) is 5.91 Å². The summed E-state index contributed by atoms with van der Waals surface area (Å²) in [5.41, 5.74) is 0. The Morgan fingerprint density at radius 3 is 2.71 bits per heavy atom. The SMILES string of the molecule is O=C1CC(CCl)CN1CCCN1CCOCC1. The molecule has 2 heterocycles. The first-order valence-corrected chi connectivity index (χ1v) is 6.97. The molecule has 0 saturated carbocycles. The van der Waals surface area contributed by atoms with Gasteiger partial charge in [-0.25, -0.2) is 0 Å². The topological polar surface area (TPSA) is 32.8 Å². The van der Waals surface area contributed by atoms with E-state index in [4.69, 9.17) is 16.3 Å². The molecule has 17 heavy (non-hydrogen) atoms. The normalized spacial score (nSPS) is 26.8. The smallest absolute Gasteiger partial charge is 0.222 e. The summed E-state index contributed by atoms with van der Waals surface area (Å²) < 4.78 is 5.30. The second-order valence-electron chi connectivity index (χ2n) is 4.87. The number of rotatable bonds is 5. The molecule has 2 rings (SSSR count). The number of halogens is 1. The van der Waals surface area contributed by atoms with Crippen LogP contribution in [-0.4, -0.2) is 67.5 Å². The number of ether oxygens (including phenoxy) is 1. The molecule has 1 unspecified atom stereocenters. The van der Waals surface area contributed by atoms with Crippen LogP contribution in [0.4, 0.5) is 0 Å². The van der Waals surface area contributed by atoms with Crippen LogP contribution in [0.25, 0.3) is 0 Å². The Labute approximate surface area is 108 Å². The quantitative estimate of drug-likeness (QED) is 0.686. The van der Waals surface area contributed by atoms with Crippen molar-refractivity contribution in [1.82, 2.24) is 9.80 Å². The molecular weight excluding hydrogens is 240 g/mol. The maximum atomic E-state index is 11.7. The number of carbonyl (C=O) groups is 1. The molecule has 98 valence electrons. The second kappa shape index (κ2) is 6.57. The van der Waals surface area contributed by atoms with Gasteiger partial charge in [0, 0.05) is 45.0 Å². The lowest BCUT2D eigenvalue weighted by Gasteiger charge is -2.27. The molecule has 2 saturated heterocycles. The Hall–Kier alpha value is -0.320. The molecule has 2 aliphatic rings. The van der Waals surface area contributed by atoms with Crippen molar-refractivity contribution in [2.45, 2.75) is 12.8 Å². The summed E-state index contributed by atoms with van der Waals surface area (Å²) in [4.78, 5) is 16.0. The summed E-state index contributed by atoms with van der Waals surface area (Å²) in [6.45, 7) is 6.54. The fourth-order valence-electron chi connectivity index (χ4n) is 2.48. The van der Waals surface area contributed by atoms with Gasteiger partial charge in [0.1, 0.15) is 0 Å². The number of hydrogen-bond donors (Lipinski definition) is 0. The molecule has 2 fully saturated rings. The molecule has 1 atom stereocenters. The molecule has 5 heteroatoms. The van der Waals surface area contributed by atoms with Crippen molar-refractivity contribution in [3.05, 3.63) is 0 Å². The van der Waals surface area contributed by atoms with Crippen molar-refractivity contribution in [2.24, 2.45) is 5.92 Å². The highest BCUT2D eigenvalue weighted by Gasteiger charge is 2.28. The monoisotopic (exact) mass is 260 g/mol. The highest BCUT2D eigenvalue weighted by atomic mass is 35.5. The average molecular weight is 261 g/mol. The summed E-state index contributed by atoms with van der Waals surface area (Å²) in [6.07, 6.45) is 1.70. The number of morpholine rings is 1. The first kappa shape index (κ1) is 13.1. The van der Waals surface area contributed by atoms with Crippen molar-refractivity contribution in [1.29, 1.82) is 0 Å². The van der Waals surface area contributed by atoms with E-state index < -0.39 is 0 Å². The molecule has 0 spiro atoms. The summed E-state index contributed by atoms with van der Waals surface area (Å²) >= 11 is 5.79. The fraction of sp³-hybridized carbons (Fsp3) is 0.917. The van der Waals surface area contributed by atoms with Crippen molar-refractivity contribution in [3.8, 4) is 0 Å². The Morgan fingerprint density at radius 1 is 1.29 bits per heavy atom. The van der Waals surface area contributed by atoms with Crippen molar-refractivity contribution in [2.75, 3.05) is 51.8 Å². The molecular formula is C12H21ClN2O2. The minimum atomic E-state index is 0.276. The van der Waals surface area contributed by atoms with Gasteiger partial charge in [-0.15, -0.1) is 11.6 Å². The number of nitrogens with zero attached hydrogens (tertiary/aromatic N) is 2. The van der Waals surface area contributed by atoms with Gasteiger partial charge in [-0.3, -0.25) is 9.69 Å². The molecule has 0 N–H and O–H groups in total. The molecule has 0 aromatic rings. The van der Waals surface area contributed by atoms with Crippen LogP contribution >= 0.6 is 11.6 Å². The molecule has 0 radical (unpaired) electrons. The lowest BCUT2D eigenvalue weighted by molar-refractivity contribution is -0.127. The predicted octanol–water partition coefficient (Wildman–Crippen LogP) is 0.796. The molecule has 0 aromatic carbocycles. The predicted molar refractivity (Wildman–Crippen MR) is 67.3 cm³/mol. The Morgan fingerprint density at radius 2 is 2.06 bits per heavy atom. The van der Waals surface area contributed by atoms with E-state index in [1.807, 2.05) is 4.90 Å². The molecule has 0 aromatic heterocycles. The van der Waals surface area contributed by atoms with Gasteiger partial charge < -0.3 is 9.64 Å². The zero-order valence-electron chi connectivity index (χ0n) is 10.2. The van der Waals surface area contributed by atoms with Gasteiger partial charge in [0.2, 0.25) is 5.91 Å². The van der Waals surface area contributed by atoms with Gasteiger partial charge in [-0.05, 0) is 12.3 Å². The molecule has 2 aliphatic heterocycles. The summed E-state index contributed by atoms with van der Waals surface area (Å²) in [5, 5.41) is 0. The Bertz CT molecular complexity index is 257. The van der Waals surface area contributed by atoms with E-state index >= 15 is 0 Å². The minimum absolute atomic E-state index is 0.276.